The van der Waals surface area contributed by atoms with Crippen molar-refractivity contribution in [2.24, 2.45) is 0 Å². The van der Waals surface area contributed by atoms with Crippen molar-refractivity contribution in [1.29, 1.82) is 0 Å². The van der Waals surface area contributed by atoms with Gasteiger partial charge in [0, 0.05) is 12.8 Å². The highest BCUT2D eigenvalue weighted by molar-refractivity contribution is 7.45. The van der Waals surface area contributed by atoms with Crippen LogP contribution in [-0.4, -0.2) is 70.0 Å². The Morgan fingerprint density at radius 2 is 0.879 bits per heavy atom. The first-order chi connectivity index (χ1) is 28.0. The summed E-state index contributed by atoms with van der Waals surface area (Å²) in [5.41, 5.74) is 0. The summed E-state index contributed by atoms with van der Waals surface area (Å²) in [5.74, 6) is -0.940. The SMILES string of the molecule is CCCCCCCCCCCCC/C=C\CCC(=O)OCC(COP(=O)([O-])OCC[N+](C)(C)C)OC(=O)CC/C=C\CCCCCCCCCCCCCCCCC. The normalized spacial score (nSPS) is 13.7. The second kappa shape index (κ2) is 40.9. The lowest BCUT2D eigenvalue weighted by Gasteiger charge is -2.28. The van der Waals surface area contributed by atoms with Crippen LogP contribution < -0.4 is 4.89 Å². The van der Waals surface area contributed by atoms with Crippen molar-refractivity contribution in [2.75, 3.05) is 47.5 Å². The molecule has 0 amide bonds. The predicted molar refractivity (Wildman–Crippen MR) is 241 cm³/mol. The number of carbonyl (C=O) groups excluding carboxylic acids is 2. The van der Waals surface area contributed by atoms with E-state index in [0.29, 0.717) is 23.9 Å². The second-order valence-electron chi connectivity index (χ2n) is 17.5. The van der Waals surface area contributed by atoms with Crippen LogP contribution in [0.25, 0.3) is 0 Å². The van der Waals surface area contributed by atoms with Gasteiger partial charge < -0.3 is 27.9 Å². The van der Waals surface area contributed by atoms with E-state index < -0.39 is 32.5 Å². The van der Waals surface area contributed by atoms with Crippen LogP contribution in [-0.2, 0) is 32.7 Å². The molecule has 0 aromatic carbocycles. The van der Waals surface area contributed by atoms with Crippen LogP contribution in [0.1, 0.15) is 219 Å². The summed E-state index contributed by atoms with van der Waals surface area (Å²) in [5, 5.41) is 0. The molecule has 0 aliphatic heterocycles. The monoisotopic (exact) mass is 842 g/mol. The van der Waals surface area contributed by atoms with E-state index in [1.54, 1.807) is 0 Å². The van der Waals surface area contributed by atoms with Gasteiger partial charge in [-0.05, 0) is 38.5 Å². The molecule has 0 aromatic rings. The number of phosphoric acid groups is 1. The number of allylic oxidation sites excluding steroid dienone is 4. The molecule has 0 aliphatic carbocycles. The zero-order chi connectivity index (χ0) is 42.8. The topological polar surface area (TPSA) is 111 Å². The van der Waals surface area contributed by atoms with E-state index in [-0.39, 0.29) is 26.1 Å². The number of carbonyl (C=O) groups is 2. The largest absolute Gasteiger partial charge is 0.756 e. The van der Waals surface area contributed by atoms with E-state index in [0.717, 1.165) is 25.7 Å². The lowest BCUT2D eigenvalue weighted by molar-refractivity contribution is -0.870. The summed E-state index contributed by atoms with van der Waals surface area (Å²) in [7, 11) is 1.14. The smallest absolute Gasteiger partial charge is 0.306 e. The second-order valence-corrected chi connectivity index (χ2v) is 18.9. The third-order valence-corrected chi connectivity index (χ3v) is 11.4. The number of ether oxygens (including phenoxy) is 2. The Labute approximate surface area is 358 Å². The van der Waals surface area contributed by atoms with Crippen molar-refractivity contribution in [2.45, 2.75) is 225 Å². The first-order valence-electron chi connectivity index (χ1n) is 24.0. The van der Waals surface area contributed by atoms with Crippen LogP contribution in [0, 0.1) is 0 Å². The highest BCUT2D eigenvalue weighted by Crippen LogP contribution is 2.38. The van der Waals surface area contributed by atoms with Gasteiger partial charge in [0.2, 0.25) is 0 Å². The fourth-order valence-corrected chi connectivity index (χ4v) is 7.42. The summed E-state index contributed by atoms with van der Waals surface area (Å²) in [6.45, 7) is 4.17. The molecular weight excluding hydrogens is 750 g/mol. The van der Waals surface area contributed by atoms with Gasteiger partial charge in [-0.15, -0.1) is 0 Å². The van der Waals surface area contributed by atoms with Gasteiger partial charge in [0.15, 0.2) is 6.10 Å². The Bertz CT molecular complexity index is 1040. The molecule has 58 heavy (non-hydrogen) atoms. The van der Waals surface area contributed by atoms with Crippen LogP contribution >= 0.6 is 7.82 Å². The third kappa shape index (κ3) is 44.1. The van der Waals surface area contributed by atoms with E-state index in [1.807, 2.05) is 33.3 Å². The molecule has 9 nitrogen and oxygen atoms in total. The minimum absolute atomic E-state index is 0.0395. The molecule has 0 aliphatic rings. The molecular formula is C48H92NO8P. The Kier molecular flexibility index (Phi) is 39.8. The van der Waals surface area contributed by atoms with Crippen LogP contribution in [0.4, 0.5) is 0 Å². The van der Waals surface area contributed by atoms with Crippen LogP contribution in [0.3, 0.4) is 0 Å². The Balaban J connectivity index is 4.35. The molecule has 0 saturated carbocycles. The Morgan fingerprint density at radius 1 is 0.517 bits per heavy atom. The zero-order valence-corrected chi connectivity index (χ0v) is 39.4. The average Bonchev–Trinajstić information content (AvgIpc) is 3.17. The van der Waals surface area contributed by atoms with Crippen molar-refractivity contribution in [1.82, 2.24) is 0 Å². The molecule has 2 unspecified atom stereocenters. The predicted octanol–water partition coefficient (Wildman–Crippen LogP) is 13.3. The lowest BCUT2D eigenvalue weighted by atomic mass is 10.0. The van der Waals surface area contributed by atoms with Crippen LogP contribution in [0.15, 0.2) is 24.3 Å². The molecule has 0 heterocycles. The number of esters is 2. The molecule has 0 rings (SSSR count). The van der Waals surface area contributed by atoms with Crippen molar-refractivity contribution in [3.63, 3.8) is 0 Å². The number of hydrogen-bond donors (Lipinski definition) is 0. The standard InChI is InChI=1S/C48H92NO8P/c1-6-8-10-12-14-16-18-20-22-23-24-25-27-29-31-33-35-37-39-41-48(51)57-46(45-56-58(52,53)55-43-42-49(3,4)5)44-54-47(50)40-38-36-34-32-30-28-26-21-19-17-15-13-11-9-7-2/h34-37,46H,6-33,38-45H2,1-5H3/b36-34-,37-35-. The molecule has 10 heteroatoms. The highest BCUT2D eigenvalue weighted by Gasteiger charge is 2.21. The van der Waals surface area contributed by atoms with Crippen molar-refractivity contribution in [3.8, 4) is 0 Å². The fourth-order valence-electron chi connectivity index (χ4n) is 6.69. The summed E-state index contributed by atoms with van der Waals surface area (Å²) in [4.78, 5) is 37.5. The number of nitrogens with zero attached hydrogens (tertiary/aromatic N) is 1. The van der Waals surface area contributed by atoms with Crippen LogP contribution in [0.5, 0.6) is 0 Å². The Morgan fingerprint density at radius 3 is 1.28 bits per heavy atom. The van der Waals surface area contributed by atoms with Crippen molar-refractivity contribution in [3.05, 3.63) is 24.3 Å². The summed E-state index contributed by atoms with van der Waals surface area (Å²) in [6, 6.07) is 0. The summed E-state index contributed by atoms with van der Waals surface area (Å²) < 4.78 is 33.9. The van der Waals surface area contributed by atoms with E-state index >= 15 is 0 Å². The van der Waals surface area contributed by atoms with Gasteiger partial charge in [0.05, 0.1) is 27.7 Å². The first-order valence-corrected chi connectivity index (χ1v) is 25.5. The first kappa shape index (κ1) is 56.5. The molecule has 0 bridgehead atoms. The fraction of sp³-hybridized carbons (Fsp3) is 0.875. The number of phosphoric ester groups is 1. The van der Waals surface area contributed by atoms with Crippen molar-refractivity contribution >= 4 is 19.8 Å². The van der Waals surface area contributed by atoms with Gasteiger partial charge in [-0.2, -0.15) is 0 Å². The molecule has 0 aromatic heterocycles. The summed E-state index contributed by atoms with van der Waals surface area (Å²) >= 11 is 0. The van der Waals surface area contributed by atoms with Crippen LogP contribution in [0.2, 0.25) is 0 Å². The van der Waals surface area contributed by atoms with Crippen molar-refractivity contribution < 1.29 is 42.1 Å². The molecule has 0 N–H and O–H groups in total. The molecule has 0 radical (unpaired) electrons. The number of hydrogen-bond acceptors (Lipinski definition) is 8. The van der Waals surface area contributed by atoms with E-state index in [9.17, 15) is 19.0 Å². The van der Waals surface area contributed by atoms with Gasteiger partial charge in [0.25, 0.3) is 7.82 Å². The number of quaternary nitrogens is 1. The zero-order valence-electron chi connectivity index (χ0n) is 38.5. The van der Waals surface area contributed by atoms with Gasteiger partial charge in [-0.25, -0.2) is 0 Å². The molecule has 0 fully saturated rings. The van der Waals surface area contributed by atoms with Gasteiger partial charge in [0.1, 0.15) is 19.8 Å². The lowest BCUT2D eigenvalue weighted by Crippen LogP contribution is -2.37. The molecule has 0 saturated heterocycles. The quantitative estimate of drug-likeness (QED) is 0.0196. The molecule has 0 spiro atoms. The highest BCUT2D eigenvalue weighted by atomic mass is 31.2. The number of likely N-dealkylation sites (N-methyl/N-ethyl adjacent to an activating group) is 1. The number of rotatable bonds is 44. The maximum absolute atomic E-state index is 12.7. The average molecular weight is 842 g/mol. The maximum atomic E-state index is 12.7. The number of unbranched alkanes of at least 4 members (excludes halogenated alkanes) is 26. The summed E-state index contributed by atoms with van der Waals surface area (Å²) in [6.07, 6.45) is 45.2. The van der Waals surface area contributed by atoms with Gasteiger partial charge >= 0.3 is 11.9 Å². The minimum Gasteiger partial charge on any atom is -0.756 e. The molecule has 2 atom stereocenters. The van der Waals surface area contributed by atoms with E-state index in [4.69, 9.17) is 18.5 Å². The van der Waals surface area contributed by atoms with Gasteiger partial charge in [-0.3, -0.25) is 14.2 Å². The minimum atomic E-state index is -4.64. The van der Waals surface area contributed by atoms with E-state index in [2.05, 4.69) is 26.0 Å². The maximum Gasteiger partial charge on any atom is 0.306 e. The molecule has 342 valence electrons. The van der Waals surface area contributed by atoms with Gasteiger partial charge in [-0.1, -0.05) is 192 Å². The Hall–Kier alpha value is -1.51. The third-order valence-electron chi connectivity index (χ3n) is 10.5. The van der Waals surface area contributed by atoms with E-state index in [1.165, 1.54) is 154 Å².